The van der Waals surface area contributed by atoms with Gasteiger partial charge in [-0.2, -0.15) is 9.61 Å². The Morgan fingerprint density at radius 3 is 3.07 bits per heavy atom. The summed E-state index contributed by atoms with van der Waals surface area (Å²) in [5.41, 5.74) is 0.516. The van der Waals surface area contributed by atoms with E-state index in [1.54, 1.807) is 12.3 Å². The van der Waals surface area contributed by atoms with E-state index in [1.165, 1.54) is 10.8 Å². The van der Waals surface area contributed by atoms with E-state index in [1.807, 2.05) is 0 Å². The highest BCUT2D eigenvalue weighted by Crippen LogP contribution is 2.03. The van der Waals surface area contributed by atoms with Gasteiger partial charge in [0.25, 0.3) is 0 Å². The molecule has 0 unspecified atom stereocenters. The first-order chi connectivity index (χ1) is 7.27. The molecule has 3 aromatic heterocycles. The van der Waals surface area contributed by atoms with E-state index in [4.69, 9.17) is 5.84 Å². The molecule has 15 heavy (non-hydrogen) atoms. The molecule has 3 heterocycles. The topological polar surface area (TPSA) is 104 Å². The lowest BCUT2D eigenvalue weighted by atomic mass is 10.5. The normalized spacial score (nSPS) is 11.2. The van der Waals surface area contributed by atoms with E-state index < -0.39 is 5.56 Å². The summed E-state index contributed by atoms with van der Waals surface area (Å²) in [6.07, 6.45) is 2.77. The van der Waals surface area contributed by atoms with Crippen LogP contribution in [0.15, 0.2) is 23.4 Å². The van der Waals surface area contributed by atoms with Crippen molar-refractivity contribution in [3.63, 3.8) is 0 Å². The third kappa shape index (κ3) is 0.923. The van der Waals surface area contributed by atoms with Crippen molar-refractivity contribution in [2.45, 2.75) is 0 Å². The lowest BCUT2D eigenvalue weighted by Gasteiger charge is -1.99. The molecule has 3 rings (SSSR count). The third-order valence-electron chi connectivity index (χ3n) is 2.03. The molecule has 74 valence electrons. The maximum absolute atomic E-state index is 11.5. The van der Waals surface area contributed by atoms with Crippen LogP contribution in [-0.4, -0.2) is 29.5 Å². The summed E-state index contributed by atoms with van der Waals surface area (Å²) in [5.74, 6) is 5.35. The highest BCUT2D eigenvalue weighted by Gasteiger charge is 2.08. The van der Waals surface area contributed by atoms with Crippen LogP contribution < -0.4 is 11.4 Å². The minimum absolute atomic E-state index is 0.0937. The predicted octanol–water partition coefficient (Wildman–Crippen LogP) is -1.45. The highest BCUT2D eigenvalue weighted by molar-refractivity contribution is 5.70. The molecule has 0 spiro atoms. The molecule has 0 bridgehead atoms. The zero-order valence-electron chi connectivity index (χ0n) is 7.40. The Morgan fingerprint density at radius 1 is 1.33 bits per heavy atom. The standard InChI is InChI=1S/C7H5N7O/c8-13-3-9-6-5(7(13)15)12-11-4-1-2-10-14(4)6/h1-3H,8H2. The van der Waals surface area contributed by atoms with Gasteiger partial charge in [-0.15, -0.1) is 10.2 Å². The maximum Gasteiger partial charge on any atom is 0.301 e. The minimum Gasteiger partial charge on any atom is -0.335 e. The van der Waals surface area contributed by atoms with Crippen LogP contribution in [-0.2, 0) is 0 Å². The molecule has 0 saturated carbocycles. The van der Waals surface area contributed by atoms with Gasteiger partial charge in [-0.3, -0.25) is 4.79 Å². The largest absolute Gasteiger partial charge is 0.335 e. The molecule has 0 saturated heterocycles. The minimum atomic E-state index is -0.454. The van der Waals surface area contributed by atoms with Gasteiger partial charge in [-0.25, -0.2) is 9.66 Å². The molecule has 0 fully saturated rings. The summed E-state index contributed by atoms with van der Waals surface area (Å²) < 4.78 is 2.29. The molecule has 3 aromatic rings. The van der Waals surface area contributed by atoms with Crippen LogP contribution in [0.4, 0.5) is 0 Å². The number of rotatable bonds is 0. The second-order valence-electron chi connectivity index (χ2n) is 2.93. The molecule has 0 aliphatic carbocycles. The fourth-order valence-electron chi connectivity index (χ4n) is 1.33. The number of hydrogen-bond donors (Lipinski definition) is 1. The molecule has 0 radical (unpaired) electrons. The third-order valence-corrected chi connectivity index (χ3v) is 2.03. The molecule has 2 N–H and O–H groups in total. The van der Waals surface area contributed by atoms with Crippen molar-refractivity contribution in [3.8, 4) is 0 Å². The Hall–Kier alpha value is -2.51. The summed E-state index contributed by atoms with van der Waals surface area (Å²) in [5, 5.41) is 11.5. The van der Waals surface area contributed by atoms with E-state index in [0.29, 0.717) is 11.3 Å². The summed E-state index contributed by atoms with van der Waals surface area (Å²) in [4.78, 5) is 15.5. The summed E-state index contributed by atoms with van der Waals surface area (Å²) in [6, 6.07) is 1.67. The molecule has 0 aliphatic rings. The van der Waals surface area contributed by atoms with Crippen molar-refractivity contribution in [1.82, 2.24) is 29.5 Å². The number of aromatic nitrogens is 6. The van der Waals surface area contributed by atoms with Crippen LogP contribution >= 0.6 is 0 Å². The van der Waals surface area contributed by atoms with Gasteiger partial charge in [-0.1, -0.05) is 0 Å². The SMILES string of the molecule is Nn1cnc2c(nnc3ccnn32)c1=O. The Balaban J connectivity index is 2.66. The fourth-order valence-corrected chi connectivity index (χ4v) is 1.33. The van der Waals surface area contributed by atoms with Crippen LogP contribution in [0, 0.1) is 0 Å². The van der Waals surface area contributed by atoms with Crippen LogP contribution in [0.1, 0.15) is 0 Å². The van der Waals surface area contributed by atoms with Crippen molar-refractivity contribution < 1.29 is 0 Å². The number of fused-ring (bicyclic) bond motifs is 3. The Labute approximate surface area is 81.9 Å². The van der Waals surface area contributed by atoms with Crippen molar-refractivity contribution in [2.24, 2.45) is 0 Å². The molecule has 8 nitrogen and oxygen atoms in total. The van der Waals surface area contributed by atoms with E-state index in [-0.39, 0.29) is 5.52 Å². The van der Waals surface area contributed by atoms with Crippen molar-refractivity contribution in [3.05, 3.63) is 28.9 Å². The van der Waals surface area contributed by atoms with Gasteiger partial charge in [-0.05, 0) is 0 Å². The molecule has 0 atom stereocenters. The average molecular weight is 203 g/mol. The molecule has 8 heteroatoms. The first-order valence-corrected chi connectivity index (χ1v) is 4.10. The maximum atomic E-state index is 11.5. The monoisotopic (exact) mass is 203 g/mol. The van der Waals surface area contributed by atoms with Gasteiger partial charge in [0.1, 0.15) is 6.33 Å². The summed E-state index contributed by atoms with van der Waals surface area (Å²) in [6.45, 7) is 0. The van der Waals surface area contributed by atoms with Crippen LogP contribution in [0.25, 0.3) is 16.8 Å². The zero-order valence-corrected chi connectivity index (χ0v) is 7.40. The van der Waals surface area contributed by atoms with Gasteiger partial charge in [0.05, 0.1) is 6.20 Å². The molecular weight excluding hydrogens is 198 g/mol. The lowest BCUT2D eigenvalue weighted by Crippen LogP contribution is -2.28. The van der Waals surface area contributed by atoms with Gasteiger partial charge in [0.2, 0.25) is 0 Å². The number of hydrogen-bond acceptors (Lipinski definition) is 6. The average Bonchev–Trinajstić information content (AvgIpc) is 2.71. The molecule has 0 aliphatic heterocycles. The first-order valence-electron chi connectivity index (χ1n) is 4.10. The highest BCUT2D eigenvalue weighted by atomic mass is 16.1. The Kier molecular flexibility index (Phi) is 1.31. The van der Waals surface area contributed by atoms with Crippen LogP contribution in [0.3, 0.4) is 0 Å². The van der Waals surface area contributed by atoms with Gasteiger partial charge >= 0.3 is 5.56 Å². The van der Waals surface area contributed by atoms with E-state index >= 15 is 0 Å². The molecular formula is C7H5N7O. The van der Waals surface area contributed by atoms with Gasteiger partial charge in [0.15, 0.2) is 16.8 Å². The van der Waals surface area contributed by atoms with Gasteiger partial charge < -0.3 is 5.84 Å². The van der Waals surface area contributed by atoms with E-state index in [2.05, 4.69) is 20.3 Å². The van der Waals surface area contributed by atoms with Crippen LogP contribution in [0.5, 0.6) is 0 Å². The molecule has 0 aromatic carbocycles. The number of nitrogens with zero attached hydrogens (tertiary/aromatic N) is 6. The van der Waals surface area contributed by atoms with E-state index in [9.17, 15) is 4.79 Å². The second kappa shape index (κ2) is 2.50. The smallest absolute Gasteiger partial charge is 0.301 e. The zero-order chi connectivity index (χ0) is 10.4. The second-order valence-corrected chi connectivity index (χ2v) is 2.93. The predicted molar refractivity (Wildman–Crippen MR) is 50.5 cm³/mol. The Morgan fingerprint density at radius 2 is 2.20 bits per heavy atom. The van der Waals surface area contributed by atoms with E-state index in [0.717, 1.165) is 4.68 Å². The number of nitrogens with two attached hydrogens (primary N) is 1. The van der Waals surface area contributed by atoms with Gasteiger partial charge in [0, 0.05) is 6.07 Å². The van der Waals surface area contributed by atoms with Crippen LogP contribution in [0.2, 0.25) is 0 Å². The van der Waals surface area contributed by atoms with Crippen molar-refractivity contribution in [2.75, 3.05) is 5.84 Å². The summed E-state index contributed by atoms with van der Waals surface area (Å²) >= 11 is 0. The molecule has 0 amide bonds. The van der Waals surface area contributed by atoms with Crippen molar-refractivity contribution >= 4 is 16.8 Å². The van der Waals surface area contributed by atoms with Crippen molar-refractivity contribution in [1.29, 1.82) is 0 Å². The fraction of sp³-hybridized carbons (Fsp3) is 0. The summed E-state index contributed by atoms with van der Waals surface area (Å²) in [7, 11) is 0. The first kappa shape index (κ1) is 7.85. The quantitative estimate of drug-likeness (QED) is 0.448. The Bertz CT molecular complexity index is 712. The number of nitrogen functional groups attached to an aromatic ring is 1. The lowest BCUT2D eigenvalue weighted by molar-refractivity contribution is 0.858.